The standard InChI is InChI=1S/C18H23ClN4O2/c1-23-11-20-22-17(23)18(9-14(10-18)24-2)12-7-15(19)21-16(8-12)25-13-5-3-4-6-13/h7-8,11,13-14H,3-6,9-10H2,1-2H3. The summed E-state index contributed by atoms with van der Waals surface area (Å²) in [5.41, 5.74) is 0.816. The molecule has 0 atom stereocenters. The van der Waals surface area contributed by atoms with Crippen molar-refractivity contribution >= 4 is 11.6 Å². The number of hydrogen-bond acceptors (Lipinski definition) is 5. The zero-order valence-corrected chi connectivity index (χ0v) is 15.4. The van der Waals surface area contributed by atoms with E-state index in [1.54, 1.807) is 13.4 Å². The first-order valence-electron chi connectivity index (χ1n) is 8.83. The molecule has 134 valence electrons. The largest absolute Gasteiger partial charge is 0.474 e. The number of nitrogens with zero attached hydrogens (tertiary/aromatic N) is 4. The van der Waals surface area contributed by atoms with Crippen LogP contribution in [0, 0.1) is 0 Å². The predicted molar refractivity (Wildman–Crippen MR) is 93.9 cm³/mol. The van der Waals surface area contributed by atoms with Crippen molar-refractivity contribution in [3.05, 3.63) is 35.0 Å². The van der Waals surface area contributed by atoms with E-state index in [0.717, 1.165) is 37.1 Å². The quantitative estimate of drug-likeness (QED) is 0.764. The maximum atomic E-state index is 6.33. The molecule has 2 fully saturated rings. The number of aryl methyl sites for hydroxylation is 1. The lowest BCUT2D eigenvalue weighted by Gasteiger charge is -2.46. The van der Waals surface area contributed by atoms with Gasteiger partial charge in [-0.3, -0.25) is 0 Å². The highest BCUT2D eigenvalue weighted by molar-refractivity contribution is 6.29. The van der Waals surface area contributed by atoms with Gasteiger partial charge in [0, 0.05) is 20.2 Å². The number of halogens is 1. The Hall–Kier alpha value is -1.66. The van der Waals surface area contributed by atoms with Crippen LogP contribution in [-0.2, 0) is 17.2 Å². The van der Waals surface area contributed by atoms with Gasteiger partial charge in [-0.25, -0.2) is 4.98 Å². The Morgan fingerprint density at radius 1 is 1.20 bits per heavy atom. The lowest BCUT2D eigenvalue weighted by atomic mass is 9.62. The first-order valence-corrected chi connectivity index (χ1v) is 9.20. The molecule has 2 aromatic rings. The van der Waals surface area contributed by atoms with Crippen LogP contribution >= 0.6 is 11.6 Å². The third-order valence-corrected chi connectivity index (χ3v) is 5.73. The van der Waals surface area contributed by atoms with Crippen LogP contribution < -0.4 is 4.74 Å². The zero-order valence-electron chi connectivity index (χ0n) is 14.6. The second-order valence-corrected chi connectivity index (χ2v) is 7.54. The van der Waals surface area contributed by atoms with Gasteiger partial charge >= 0.3 is 0 Å². The number of rotatable bonds is 5. The normalized spacial score (nSPS) is 26.6. The van der Waals surface area contributed by atoms with E-state index in [0.29, 0.717) is 11.0 Å². The monoisotopic (exact) mass is 362 g/mol. The molecular weight excluding hydrogens is 340 g/mol. The van der Waals surface area contributed by atoms with Gasteiger partial charge in [0.1, 0.15) is 23.4 Å². The van der Waals surface area contributed by atoms with Gasteiger partial charge in [-0.15, -0.1) is 10.2 Å². The maximum Gasteiger partial charge on any atom is 0.215 e. The molecule has 0 N–H and O–H groups in total. The van der Waals surface area contributed by atoms with E-state index < -0.39 is 0 Å². The average Bonchev–Trinajstić information content (AvgIpc) is 3.19. The molecule has 0 unspecified atom stereocenters. The average molecular weight is 363 g/mol. The van der Waals surface area contributed by atoms with Crippen LogP contribution in [0.15, 0.2) is 18.5 Å². The van der Waals surface area contributed by atoms with Crippen molar-refractivity contribution in [2.24, 2.45) is 7.05 Å². The van der Waals surface area contributed by atoms with Crippen molar-refractivity contribution in [3.8, 4) is 5.88 Å². The van der Waals surface area contributed by atoms with Crippen molar-refractivity contribution in [2.75, 3.05) is 7.11 Å². The van der Waals surface area contributed by atoms with Gasteiger partial charge in [0.15, 0.2) is 0 Å². The van der Waals surface area contributed by atoms with Gasteiger partial charge in [-0.2, -0.15) is 0 Å². The Morgan fingerprint density at radius 3 is 2.60 bits per heavy atom. The van der Waals surface area contributed by atoms with Crippen LogP contribution in [0.25, 0.3) is 0 Å². The lowest BCUT2D eigenvalue weighted by molar-refractivity contribution is -0.00711. The van der Waals surface area contributed by atoms with Gasteiger partial charge < -0.3 is 14.0 Å². The summed E-state index contributed by atoms with van der Waals surface area (Å²) in [7, 11) is 3.72. The number of ether oxygens (including phenoxy) is 2. The molecule has 0 spiro atoms. The Morgan fingerprint density at radius 2 is 1.96 bits per heavy atom. The summed E-state index contributed by atoms with van der Waals surface area (Å²) in [6.07, 6.45) is 8.50. The highest BCUT2D eigenvalue weighted by Crippen LogP contribution is 2.50. The summed E-state index contributed by atoms with van der Waals surface area (Å²) in [5, 5.41) is 8.89. The molecule has 0 bridgehead atoms. The number of hydrogen-bond donors (Lipinski definition) is 0. The fourth-order valence-corrected chi connectivity index (χ4v) is 4.34. The summed E-state index contributed by atoms with van der Waals surface area (Å²) < 4.78 is 13.6. The molecule has 0 radical (unpaired) electrons. The number of pyridine rings is 1. The minimum Gasteiger partial charge on any atom is -0.474 e. The molecule has 2 heterocycles. The van der Waals surface area contributed by atoms with Crippen LogP contribution in [0.4, 0.5) is 0 Å². The molecule has 25 heavy (non-hydrogen) atoms. The second kappa shape index (κ2) is 6.57. The molecule has 2 aromatic heterocycles. The van der Waals surface area contributed by atoms with Gasteiger partial charge in [-0.05, 0) is 50.2 Å². The Balaban J connectivity index is 1.70. The summed E-state index contributed by atoms with van der Waals surface area (Å²) >= 11 is 6.33. The summed E-state index contributed by atoms with van der Waals surface area (Å²) in [6, 6.07) is 3.94. The molecule has 0 aliphatic heterocycles. The smallest absolute Gasteiger partial charge is 0.215 e. The minimum atomic E-state index is -0.258. The lowest BCUT2D eigenvalue weighted by Crippen LogP contribution is -2.48. The number of methoxy groups -OCH3 is 1. The predicted octanol–water partition coefficient (Wildman–Crippen LogP) is 3.28. The highest BCUT2D eigenvalue weighted by Gasteiger charge is 2.50. The third-order valence-electron chi connectivity index (χ3n) is 5.54. The molecule has 4 rings (SSSR count). The van der Waals surface area contributed by atoms with E-state index in [9.17, 15) is 0 Å². The van der Waals surface area contributed by atoms with Crippen LogP contribution in [-0.4, -0.2) is 39.1 Å². The molecule has 0 amide bonds. The molecule has 2 aliphatic rings. The second-order valence-electron chi connectivity index (χ2n) is 7.15. The van der Waals surface area contributed by atoms with Gasteiger partial charge in [0.2, 0.25) is 5.88 Å². The van der Waals surface area contributed by atoms with Gasteiger partial charge in [0.25, 0.3) is 0 Å². The zero-order chi connectivity index (χ0) is 17.4. The molecule has 2 saturated carbocycles. The number of aromatic nitrogens is 4. The summed E-state index contributed by atoms with van der Waals surface area (Å²) in [4.78, 5) is 4.38. The van der Waals surface area contributed by atoms with Crippen molar-refractivity contribution in [1.29, 1.82) is 0 Å². The fraction of sp³-hybridized carbons (Fsp3) is 0.611. The molecule has 6 nitrogen and oxygen atoms in total. The molecule has 0 saturated heterocycles. The Labute approximate surface area is 152 Å². The molecular formula is C18H23ClN4O2. The Kier molecular flexibility index (Phi) is 4.41. The first kappa shape index (κ1) is 16.8. The van der Waals surface area contributed by atoms with Crippen LogP contribution in [0.3, 0.4) is 0 Å². The highest BCUT2D eigenvalue weighted by atomic mass is 35.5. The van der Waals surface area contributed by atoms with E-state index in [-0.39, 0.29) is 17.6 Å². The summed E-state index contributed by atoms with van der Waals surface area (Å²) in [5.74, 6) is 1.53. The van der Waals surface area contributed by atoms with Crippen molar-refractivity contribution in [3.63, 3.8) is 0 Å². The summed E-state index contributed by atoms with van der Waals surface area (Å²) in [6.45, 7) is 0. The third kappa shape index (κ3) is 3.02. The molecule has 2 aliphatic carbocycles. The topological polar surface area (TPSA) is 62.1 Å². The SMILES string of the molecule is COC1CC(c2cc(Cl)nc(OC3CCCC3)c2)(c2nncn2C)C1. The molecule has 0 aromatic carbocycles. The minimum absolute atomic E-state index is 0.211. The van der Waals surface area contributed by atoms with Crippen LogP contribution in [0.1, 0.15) is 49.9 Å². The first-order chi connectivity index (χ1) is 12.1. The maximum absolute atomic E-state index is 6.33. The molecule has 7 heteroatoms. The van der Waals surface area contributed by atoms with E-state index in [1.165, 1.54) is 12.8 Å². The van der Waals surface area contributed by atoms with Crippen molar-refractivity contribution < 1.29 is 9.47 Å². The van der Waals surface area contributed by atoms with Crippen molar-refractivity contribution in [1.82, 2.24) is 19.7 Å². The van der Waals surface area contributed by atoms with E-state index in [2.05, 4.69) is 15.2 Å². The van der Waals surface area contributed by atoms with E-state index in [1.807, 2.05) is 23.7 Å². The van der Waals surface area contributed by atoms with Gasteiger partial charge in [0.05, 0.1) is 11.5 Å². The van der Waals surface area contributed by atoms with Crippen LogP contribution in [0.2, 0.25) is 5.15 Å². The van der Waals surface area contributed by atoms with Crippen LogP contribution in [0.5, 0.6) is 5.88 Å². The van der Waals surface area contributed by atoms with Gasteiger partial charge in [-0.1, -0.05) is 11.6 Å². The Bertz CT molecular complexity index is 751. The van der Waals surface area contributed by atoms with E-state index in [4.69, 9.17) is 21.1 Å². The van der Waals surface area contributed by atoms with E-state index >= 15 is 0 Å². The fourth-order valence-electron chi connectivity index (χ4n) is 4.13. The van der Waals surface area contributed by atoms with Crippen molar-refractivity contribution in [2.45, 2.75) is 56.1 Å².